The summed E-state index contributed by atoms with van der Waals surface area (Å²) in [4.78, 5) is 0.0540. The molecule has 6 heteroatoms. The summed E-state index contributed by atoms with van der Waals surface area (Å²) in [6.07, 6.45) is 0. The molecule has 0 atom stereocenters. The Balaban J connectivity index is 3.14. The number of halogens is 2. The summed E-state index contributed by atoms with van der Waals surface area (Å²) >= 11 is 1.51. The van der Waals surface area contributed by atoms with E-state index in [0.717, 1.165) is 12.1 Å². The lowest BCUT2D eigenvalue weighted by Gasteiger charge is -1.99. The van der Waals surface area contributed by atoms with Gasteiger partial charge in [-0.05, 0) is 24.3 Å². The first-order valence-electron chi connectivity index (χ1n) is 2.94. The molecule has 1 aromatic carbocycles. The second kappa shape index (κ2) is 3.67. The smallest absolute Gasteiger partial charge is 0.207 e. The van der Waals surface area contributed by atoms with Crippen molar-refractivity contribution in [3.8, 4) is 0 Å². The van der Waals surface area contributed by atoms with Crippen LogP contribution in [0.1, 0.15) is 0 Å². The zero-order valence-electron chi connectivity index (χ0n) is 5.79. The summed E-state index contributed by atoms with van der Waals surface area (Å²) in [5.74, 6) is -0.456. The number of hydrogen-bond acceptors (Lipinski definition) is 2. The van der Waals surface area contributed by atoms with Gasteiger partial charge in [-0.2, -0.15) is 2.94 Å². The Bertz CT molecular complexity index is 362. The van der Waals surface area contributed by atoms with Gasteiger partial charge >= 0.3 is 0 Å². The van der Waals surface area contributed by atoms with E-state index < -0.39 is 15.8 Å². The summed E-state index contributed by atoms with van der Waals surface area (Å²) in [6, 6.07) is 4.61. The third-order valence-corrected chi connectivity index (χ3v) is 4.06. The van der Waals surface area contributed by atoms with E-state index in [9.17, 15) is 12.8 Å². The molecule has 0 radical (unpaired) electrons. The monoisotopic (exact) mass is 301 g/mol. The van der Waals surface area contributed by atoms with Crippen molar-refractivity contribution in [2.45, 2.75) is 4.90 Å². The summed E-state index contributed by atoms with van der Waals surface area (Å²) in [5, 5.41) is 0. The molecule has 0 fully saturated rings. The van der Waals surface area contributed by atoms with Crippen molar-refractivity contribution in [1.29, 1.82) is 0 Å². The van der Waals surface area contributed by atoms with Gasteiger partial charge in [0.2, 0.25) is 10.0 Å². The predicted molar refractivity (Wildman–Crippen MR) is 50.7 cm³/mol. The number of sulfonamides is 1. The third kappa shape index (κ3) is 2.14. The molecule has 0 saturated carbocycles. The Morgan fingerprint density at radius 1 is 1.25 bits per heavy atom. The molecule has 0 aromatic heterocycles. The van der Waals surface area contributed by atoms with Gasteiger partial charge in [-0.25, -0.2) is 12.8 Å². The molecule has 0 unspecified atom stereocenters. The van der Waals surface area contributed by atoms with E-state index in [1.165, 1.54) is 35.0 Å². The Morgan fingerprint density at radius 3 is 2.17 bits per heavy atom. The lowest BCUT2D eigenvalue weighted by atomic mass is 10.4. The van der Waals surface area contributed by atoms with Gasteiger partial charge in [-0.1, -0.05) is 0 Å². The van der Waals surface area contributed by atoms with E-state index in [2.05, 4.69) is 2.94 Å². The molecule has 0 heterocycles. The fourth-order valence-electron chi connectivity index (χ4n) is 0.658. The topological polar surface area (TPSA) is 46.2 Å². The quantitative estimate of drug-likeness (QED) is 0.664. The molecule has 0 aliphatic heterocycles. The molecule has 0 amide bonds. The van der Waals surface area contributed by atoms with Crippen molar-refractivity contribution in [3.63, 3.8) is 0 Å². The highest BCUT2D eigenvalue weighted by Crippen LogP contribution is 2.09. The van der Waals surface area contributed by atoms with Gasteiger partial charge in [0.05, 0.1) is 4.90 Å². The van der Waals surface area contributed by atoms with Crippen LogP contribution in [0.3, 0.4) is 0 Å². The molecule has 0 bridgehead atoms. The second-order valence-corrected chi connectivity index (χ2v) is 4.99. The molecule has 0 saturated heterocycles. The molecule has 0 aliphatic carbocycles. The average molecular weight is 301 g/mol. The Hall–Kier alpha value is -0.210. The highest BCUT2D eigenvalue weighted by Gasteiger charge is 2.10. The van der Waals surface area contributed by atoms with E-state index in [4.69, 9.17) is 0 Å². The molecule has 66 valence electrons. The Morgan fingerprint density at radius 2 is 1.75 bits per heavy atom. The number of benzene rings is 1. The Labute approximate surface area is 83.5 Å². The van der Waals surface area contributed by atoms with Crippen LogP contribution in [0, 0.1) is 5.82 Å². The SMILES string of the molecule is O=S(=O)(NI)c1ccc(F)cc1. The summed E-state index contributed by atoms with van der Waals surface area (Å²) < 4.78 is 36.6. The van der Waals surface area contributed by atoms with E-state index >= 15 is 0 Å². The first-order valence-corrected chi connectivity index (χ1v) is 5.50. The minimum Gasteiger partial charge on any atom is -0.207 e. The van der Waals surface area contributed by atoms with Gasteiger partial charge in [-0.15, -0.1) is 0 Å². The van der Waals surface area contributed by atoms with Crippen molar-refractivity contribution in [3.05, 3.63) is 30.1 Å². The van der Waals surface area contributed by atoms with Crippen LogP contribution in [-0.2, 0) is 10.0 Å². The van der Waals surface area contributed by atoms with Crippen LogP contribution in [-0.4, -0.2) is 8.42 Å². The van der Waals surface area contributed by atoms with E-state index in [1.54, 1.807) is 0 Å². The molecule has 0 spiro atoms. The average Bonchev–Trinajstić information content (AvgIpc) is 2.05. The van der Waals surface area contributed by atoms with Gasteiger partial charge in [0.25, 0.3) is 0 Å². The molecule has 1 rings (SSSR count). The van der Waals surface area contributed by atoms with Crippen LogP contribution in [0.25, 0.3) is 0 Å². The standard InChI is InChI=1S/C6H5FINO2S/c7-5-1-3-6(4-2-5)12(10,11)9-8/h1-4,9H. The van der Waals surface area contributed by atoms with Gasteiger partial charge in [0.15, 0.2) is 0 Å². The first kappa shape index (κ1) is 9.87. The largest absolute Gasteiger partial charge is 0.249 e. The van der Waals surface area contributed by atoms with Gasteiger partial charge in [0.1, 0.15) is 5.82 Å². The van der Waals surface area contributed by atoms with Crippen LogP contribution in [0.15, 0.2) is 29.2 Å². The lowest BCUT2D eigenvalue weighted by molar-refractivity contribution is 0.594. The minimum absolute atomic E-state index is 0.0540. The van der Waals surface area contributed by atoms with E-state index in [-0.39, 0.29) is 4.90 Å². The molecule has 1 aromatic rings. The van der Waals surface area contributed by atoms with Crippen molar-refractivity contribution in [1.82, 2.24) is 2.94 Å². The maximum Gasteiger partial charge on any atom is 0.249 e. The zero-order chi connectivity index (χ0) is 9.19. The van der Waals surface area contributed by atoms with Crippen LogP contribution >= 0.6 is 22.9 Å². The highest BCUT2D eigenvalue weighted by atomic mass is 127. The van der Waals surface area contributed by atoms with Crippen molar-refractivity contribution in [2.75, 3.05) is 0 Å². The van der Waals surface area contributed by atoms with Crippen LogP contribution in [0.5, 0.6) is 0 Å². The fraction of sp³-hybridized carbons (Fsp3) is 0. The maximum absolute atomic E-state index is 12.4. The maximum atomic E-state index is 12.4. The fourth-order valence-corrected chi connectivity index (χ4v) is 2.00. The number of nitrogens with one attached hydrogen (secondary N) is 1. The second-order valence-electron chi connectivity index (χ2n) is 2.03. The first-order chi connectivity index (χ1) is 5.56. The zero-order valence-corrected chi connectivity index (χ0v) is 8.76. The third-order valence-electron chi connectivity index (χ3n) is 1.23. The molecular formula is C6H5FINO2S. The van der Waals surface area contributed by atoms with Crippen LogP contribution in [0.4, 0.5) is 4.39 Å². The molecule has 12 heavy (non-hydrogen) atoms. The summed E-state index contributed by atoms with van der Waals surface area (Å²) in [5.41, 5.74) is 0. The summed E-state index contributed by atoms with van der Waals surface area (Å²) in [7, 11) is -3.44. The normalized spacial score (nSPS) is 11.5. The molecular weight excluding hydrogens is 296 g/mol. The van der Waals surface area contributed by atoms with Gasteiger partial charge in [0, 0.05) is 22.9 Å². The number of hydrogen-bond donors (Lipinski definition) is 1. The Kier molecular flexibility index (Phi) is 3.02. The predicted octanol–water partition coefficient (Wildman–Crippen LogP) is 1.45. The highest BCUT2D eigenvalue weighted by molar-refractivity contribution is 14.1. The van der Waals surface area contributed by atoms with E-state index in [0.29, 0.717) is 0 Å². The molecule has 1 N–H and O–H groups in total. The molecule has 0 aliphatic rings. The lowest BCUT2D eigenvalue weighted by Crippen LogP contribution is -2.12. The van der Waals surface area contributed by atoms with Crippen molar-refractivity contribution >= 4 is 32.9 Å². The summed E-state index contributed by atoms with van der Waals surface area (Å²) in [6.45, 7) is 0. The number of rotatable bonds is 2. The van der Waals surface area contributed by atoms with E-state index in [1.807, 2.05) is 0 Å². The minimum atomic E-state index is -3.44. The van der Waals surface area contributed by atoms with Crippen LogP contribution in [0.2, 0.25) is 0 Å². The van der Waals surface area contributed by atoms with Crippen molar-refractivity contribution < 1.29 is 12.8 Å². The van der Waals surface area contributed by atoms with Crippen molar-refractivity contribution in [2.24, 2.45) is 0 Å². The van der Waals surface area contributed by atoms with Gasteiger partial charge in [-0.3, -0.25) is 0 Å². The molecule has 3 nitrogen and oxygen atoms in total. The van der Waals surface area contributed by atoms with Gasteiger partial charge < -0.3 is 0 Å². The van der Waals surface area contributed by atoms with Crippen LogP contribution < -0.4 is 2.94 Å².